The van der Waals surface area contributed by atoms with Crippen molar-refractivity contribution in [1.29, 1.82) is 0 Å². The number of imidazole rings is 1. The van der Waals surface area contributed by atoms with Gasteiger partial charge in [-0.3, -0.25) is 13.9 Å². The number of nitrogens with one attached hydrogen (secondary N) is 1. The van der Waals surface area contributed by atoms with Crippen molar-refractivity contribution in [2.24, 2.45) is 5.92 Å². The van der Waals surface area contributed by atoms with Crippen LogP contribution in [0.3, 0.4) is 0 Å². The highest BCUT2D eigenvalue weighted by Crippen LogP contribution is 2.14. The van der Waals surface area contributed by atoms with Crippen LogP contribution in [0.15, 0.2) is 32.3 Å². The first-order valence-corrected chi connectivity index (χ1v) is 11.2. The van der Waals surface area contributed by atoms with Gasteiger partial charge in [0.1, 0.15) is 11.6 Å². The quantitative estimate of drug-likeness (QED) is 0.358. The monoisotopic (exact) mass is 492 g/mol. The first-order valence-electron chi connectivity index (χ1n) is 10.9. The highest BCUT2D eigenvalue weighted by Gasteiger charge is 2.18. The highest BCUT2D eigenvalue weighted by molar-refractivity contribution is 6.28. The summed E-state index contributed by atoms with van der Waals surface area (Å²) in [6.07, 6.45) is 1.46. The highest BCUT2D eigenvalue weighted by atomic mass is 35.5. The molecule has 0 unspecified atom stereocenters. The third kappa shape index (κ3) is 5.09. The van der Waals surface area contributed by atoms with Crippen LogP contribution in [0.1, 0.15) is 44.0 Å². The second-order valence-corrected chi connectivity index (χ2v) is 8.78. The maximum atomic E-state index is 13.8. The molecule has 0 fully saturated rings. The zero-order chi connectivity index (χ0) is 24.4. The Morgan fingerprint density at radius 2 is 1.94 bits per heavy atom. The van der Waals surface area contributed by atoms with E-state index >= 15 is 0 Å². The van der Waals surface area contributed by atoms with Gasteiger partial charge < -0.3 is 9.51 Å². The zero-order valence-electron chi connectivity index (χ0n) is 18.6. The maximum Gasteiger partial charge on any atom is 0.332 e. The summed E-state index contributed by atoms with van der Waals surface area (Å²) in [6.45, 7) is 4.61. The Bertz CT molecular complexity index is 1440. The molecule has 0 aliphatic carbocycles. The fourth-order valence-corrected chi connectivity index (χ4v) is 3.79. The predicted molar refractivity (Wildman–Crippen MR) is 121 cm³/mol. The standard InChI is InChI=1S/C22H23ClF2N6O3/c1-12(2)7-9-30-19-18(27-21(23)28-19)20(32)31(22(30)33)8-3-4-17-26-16(29-34-17)10-13-5-6-14(24)11-15(13)25/h5-6,11-12H,3-4,7-10H2,1-2H3,(H,27,28). The van der Waals surface area contributed by atoms with E-state index in [-0.39, 0.29) is 46.7 Å². The van der Waals surface area contributed by atoms with Gasteiger partial charge >= 0.3 is 5.69 Å². The molecule has 1 N–H and O–H groups in total. The number of aromatic amines is 1. The topological polar surface area (TPSA) is 112 Å². The van der Waals surface area contributed by atoms with Crippen molar-refractivity contribution in [2.75, 3.05) is 0 Å². The minimum absolute atomic E-state index is 0.0403. The van der Waals surface area contributed by atoms with E-state index < -0.39 is 22.9 Å². The smallest absolute Gasteiger partial charge is 0.332 e. The van der Waals surface area contributed by atoms with E-state index in [0.29, 0.717) is 25.3 Å². The van der Waals surface area contributed by atoms with Crippen molar-refractivity contribution >= 4 is 22.8 Å². The van der Waals surface area contributed by atoms with Crippen LogP contribution in [0.5, 0.6) is 0 Å². The molecule has 4 rings (SSSR count). The molecule has 9 nitrogen and oxygen atoms in total. The lowest BCUT2D eigenvalue weighted by Gasteiger charge is -2.12. The lowest BCUT2D eigenvalue weighted by Crippen LogP contribution is -2.40. The number of benzene rings is 1. The molecule has 0 spiro atoms. The van der Waals surface area contributed by atoms with Gasteiger partial charge in [-0.25, -0.2) is 13.6 Å². The van der Waals surface area contributed by atoms with Gasteiger partial charge in [0.25, 0.3) is 5.56 Å². The van der Waals surface area contributed by atoms with E-state index in [1.165, 1.54) is 10.6 Å². The summed E-state index contributed by atoms with van der Waals surface area (Å²) >= 11 is 5.96. The Morgan fingerprint density at radius 1 is 1.15 bits per heavy atom. The molecular formula is C22H23ClF2N6O3. The van der Waals surface area contributed by atoms with Crippen LogP contribution in [0.4, 0.5) is 8.78 Å². The van der Waals surface area contributed by atoms with Gasteiger partial charge in [-0.15, -0.1) is 0 Å². The van der Waals surface area contributed by atoms with Crippen molar-refractivity contribution in [1.82, 2.24) is 29.2 Å². The third-order valence-corrected chi connectivity index (χ3v) is 5.59. The molecule has 0 amide bonds. The Kier molecular flexibility index (Phi) is 6.92. The number of fused-ring (bicyclic) bond motifs is 1. The van der Waals surface area contributed by atoms with E-state index in [9.17, 15) is 18.4 Å². The first kappa shape index (κ1) is 23.8. The van der Waals surface area contributed by atoms with Gasteiger partial charge in [-0.2, -0.15) is 9.97 Å². The first-order chi connectivity index (χ1) is 16.2. The van der Waals surface area contributed by atoms with E-state index in [0.717, 1.165) is 23.1 Å². The number of hydrogen-bond donors (Lipinski definition) is 1. The van der Waals surface area contributed by atoms with Gasteiger partial charge in [0.15, 0.2) is 17.0 Å². The number of aryl methyl sites for hydroxylation is 2. The van der Waals surface area contributed by atoms with Crippen LogP contribution in [0.25, 0.3) is 11.2 Å². The van der Waals surface area contributed by atoms with Crippen LogP contribution in [-0.2, 0) is 25.9 Å². The molecule has 3 aromatic heterocycles. The summed E-state index contributed by atoms with van der Waals surface area (Å²) in [5.74, 6) is -0.455. The largest absolute Gasteiger partial charge is 0.339 e. The summed E-state index contributed by atoms with van der Waals surface area (Å²) in [5.41, 5.74) is -0.299. The molecule has 0 aliphatic rings. The maximum absolute atomic E-state index is 13.8. The molecule has 4 aromatic rings. The molecule has 0 atom stereocenters. The molecule has 0 aliphatic heterocycles. The van der Waals surface area contributed by atoms with Crippen molar-refractivity contribution < 1.29 is 13.3 Å². The summed E-state index contributed by atoms with van der Waals surface area (Å²) in [5, 5.41) is 3.87. The van der Waals surface area contributed by atoms with Crippen molar-refractivity contribution in [2.45, 2.75) is 52.6 Å². The molecule has 1 aromatic carbocycles. The van der Waals surface area contributed by atoms with Crippen LogP contribution >= 0.6 is 11.6 Å². The number of rotatable bonds is 9. The lowest BCUT2D eigenvalue weighted by molar-refractivity contribution is 0.366. The predicted octanol–water partition coefficient (Wildman–Crippen LogP) is 3.47. The average molecular weight is 493 g/mol. The summed E-state index contributed by atoms with van der Waals surface area (Å²) in [4.78, 5) is 37.0. The molecule has 34 heavy (non-hydrogen) atoms. The Labute approximate surface area is 197 Å². The molecule has 0 bridgehead atoms. The van der Waals surface area contributed by atoms with Crippen molar-refractivity contribution in [3.8, 4) is 0 Å². The molecule has 12 heteroatoms. The van der Waals surface area contributed by atoms with Crippen LogP contribution in [0, 0.1) is 17.6 Å². The summed E-state index contributed by atoms with van der Waals surface area (Å²) in [7, 11) is 0. The number of H-pyrrole nitrogens is 1. The zero-order valence-corrected chi connectivity index (χ0v) is 19.4. The summed E-state index contributed by atoms with van der Waals surface area (Å²) < 4.78 is 34.7. The second kappa shape index (κ2) is 9.88. The second-order valence-electron chi connectivity index (χ2n) is 8.42. The third-order valence-electron chi connectivity index (χ3n) is 5.41. The van der Waals surface area contributed by atoms with Gasteiger partial charge in [-0.05, 0) is 42.0 Å². The molecule has 180 valence electrons. The number of nitrogens with zero attached hydrogens (tertiary/aromatic N) is 5. The summed E-state index contributed by atoms with van der Waals surface area (Å²) in [6, 6.07) is 3.29. The van der Waals surface area contributed by atoms with E-state index in [4.69, 9.17) is 16.1 Å². The lowest BCUT2D eigenvalue weighted by atomic mass is 10.1. The van der Waals surface area contributed by atoms with Crippen LogP contribution in [-0.4, -0.2) is 29.2 Å². The van der Waals surface area contributed by atoms with Gasteiger partial charge in [0.05, 0.1) is 0 Å². The van der Waals surface area contributed by atoms with Gasteiger partial charge in [-0.1, -0.05) is 25.1 Å². The fourth-order valence-electron chi connectivity index (χ4n) is 3.61. The Morgan fingerprint density at radius 3 is 2.68 bits per heavy atom. The van der Waals surface area contributed by atoms with Crippen LogP contribution < -0.4 is 11.2 Å². The van der Waals surface area contributed by atoms with E-state index in [2.05, 4.69) is 20.1 Å². The van der Waals surface area contributed by atoms with Crippen molar-refractivity contribution in [3.63, 3.8) is 0 Å². The Hall–Kier alpha value is -3.34. The van der Waals surface area contributed by atoms with Crippen molar-refractivity contribution in [3.05, 3.63) is 73.2 Å². The molecule has 3 heterocycles. The minimum Gasteiger partial charge on any atom is -0.339 e. The van der Waals surface area contributed by atoms with Crippen LogP contribution in [0.2, 0.25) is 5.28 Å². The normalized spacial score (nSPS) is 11.7. The average Bonchev–Trinajstić information content (AvgIpc) is 3.38. The fraction of sp³-hybridized carbons (Fsp3) is 0.409. The SMILES string of the molecule is CC(C)CCn1c(=O)n(CCCc2nc(Cc3ccc(F)cc3F)no2)c(=O)c2[nH]c(Cl)nc21. The minimum atomic E-state index is -0.686. The number of aromatic nitrogens is 6. The molecular weight excluding hydrogens is 470 g/mol. The Balaban J connectivity index is 1.49. The van der Waals surface area contributed by atoms with Gasteiger partial charge in [0, 0.05) is 32.0 Å². The van der Waals surface area contributed by atoms with Gasteiger partial charge in [0.2, 0.25) is 11.2 Å². The van der Waals surface area contributed by atoms with E-state index in [1.54, 1.807) is 0 Å². The van der Waals surface area contributed by atoms with E-state index in [1.807, 2.05) is 13.8 Å². The number of hydrogen-bond acceptors (Lipinski definition) is 6. The number of halogens is 3. The molecule has 0 saturated carbocycles. The molecule has 0 radical (unpaired) electrons. The molecule has 0 saturated heterocycles.